The van der Waals surface area contributed by atoms with Crippen LogP contribution in [0, 0.1) is 15.9 Å². The van der Waals surface area contributed by atoms with Crippen LogP contribution in [-0.2, 0) is 0 Å². The van der Waals surface area contributed by atoms with Crippen molar-refractivity contribution >= 4 is 23.1 Å². The van der Waals surface area contributed by atoms with Crippen LogP contribution in [0.15, 0.2) is 36.4 Å². The zero-order valence-corrected chi connectivity index (χ0v) is 11.6. The molecule has 0 amide bonds. The lowest BCUT2D eigenvalue weighted by molar-refractivity contribution is -0.385. The third-order valence-corrected chi connectivity index (χ3v) is 2.99. The van der Waals surface area contributed by atoms with Gasteiger partial charge in [0.2, 0.25) is 5.75 Å². The van der Waals surface area contributed by atoms with E-state index >= 15 is 0 Å². The summed E-state index contributed by atoms with van der Waals surface area (Å²) in [7, 11) is 0. The first-order chi connectivity index (χ1) is 9.90. The van der Waals surface area contributed by atoms with Gasteiger partial charge in [0, 0.05) is 11.6 Å². The van der Waals surface area contributed by atoms with Crippen molar-refractivity contribution in [3.8, 4) is 11.5 Å². The number of Topliss-reactive ketones (excluding diaryl/α,β-unsaturated/α-hetero) is 1. The molecule has 0 heterocycles. The van der Waals surface area contributed by atoms with E-state index in [1.165, 1.54) is 31.2 Å². The van der Waals surface area contributed by atoms with Gasteiger partial charge >= 0.3 is 5.69 Å². The van der Waals surface area contributed by atoms with Gasteiger partial charge in [-0.25, -0.2) is 4.39 Å². The minimum Gasteiger partial charge on any atom is -0.446 e. The summed E-state index contributed by atoms with van der Waals surface area (Å²) in [5, 5.41) is 10.9. The van der Waals surface area contributed by atoms with Crippen LogP contribution in [0.5, 0.6) is 11.5 Å². The predicted octanol–water partition coefficient (Wildman–Crippen LogP) is 4.38. The number of nitro benzene ring substituents is 1. The van der Waals surface area contributed by atoms with Gasteiger partial charge in [0.1, 0.15) is 5.75 Å². The standard InChI is InChI=1S/C14H9ClFNO4/c1-8(18)9-5-6-13(10(15)7-9)21-14-11(16)3-2-4-12(14)17(19)20/h2-7H,1H3. The molecule has 0 N–H and O–H groups in total. The molecule has 0 saturated carbocycles. The summed E-state index contributed by atoms with van der Waals surface area (Å²) in [6.07, 6.45) is 0. The van der Waals surface area contributed by atoms with Crippen LogP contribution in [0.4, 0.5) is 10.1 Å². The number of nitrogens with zero attached hydrogens (tertiary/aromatic N) is 1. The third-order valence-electron chi connectivity index (χ3n) is 2.69. The van der Waals surface area contributed by atoms with Crippen molar-refractivity contribution in [3.05, 3.63) is 62.9 Å². The lowest BCUT2D eigenvalue weighted by atomic mass is 10.1. The molecule has 108 valence electrons. The number of para-hydroxylation sites is 1. The minimum absolute atomic E-state index is 0.0230. The Morgan fingerprint density at radius 1 is 1.33 bits per heavy atom. The number of carbonyl (C=O) groups is 1. The highest BCUT2D eigenvalue weighted by atomic mass is 35.5. The Morgan fingerprint density at radius 2 is 2.05 bits per heavy atom. The molecule has 7 heteroatoms. The van der Waals surface area contributed by atoms with E-state index in [1.807, 2.05) is 0 Å². The lowest BCUT2D eigenvalue weighted by Crippen LogP contribution is -1.97. The number of benzene rings is 2. The first kappa shape index (κ1) is 14.9. The van der Waals surface area contributed by atoms with Gasteiger partial charge in [0.15, 0.2) is 11.6 Å². The van der Waals surface area contributed by atoms with Gasteiger partial charge in [-0.3, -0.25) is 14.9 Å². The number of rotatable bonds is 4. The summed E-state index contributed by atoms with van der Waals surface area (Å²) in [5.74, 6) is -1.58. The van der Waals surface area contributed by atoms with E-state index in [0.29, 0.717) is 5.56 Å². The maximum Gasteiger partial charge on any atom is 0.314 e. The van der Waals surface area contributed by atoms with E-state index in [4.69, 9.17) is 16.3 Å². The van der Waals surface area contributed by atoms with Crippen molar-refractivity contribution < 1.29 is 18.8 Å². The van der Waals surface area contributed by atoms with Gasteiger partial charge in [-0.05, 0) is 31.2 Å². The molecule has 0 fully saturated rings. The molecule has 0 radical (unpaired) electrons. The molecule has 0 aromatic heterocycles. The van der Waals surface area contributed by atoms with Crippen molar-refractivity contribution in [2.24, 2.45) is 0 Å². The summed E-state index contributed by atoms with van der Waals surface area (Å²) in [4.78, 5) is 21.3. The highest BCUT2D eigenvalue weighted by molar-refractivity contribution is 6.32. The SMILES string of the molecule is CC(=O)c1ccc(Oc2c(F)cccc2[N+](=O)[O-])c(Cl)c1. The zero-order chi connectivity index (χ0) is 15.6. The number of hydrogen-bond acceptors (Lipinski definition) is 4. The first-order valence-corrected chi connectivity index (χ1v) is 6.19. The lowest BCUT2D eigenvalue weighted by Gasteiger charge is -2.09. The third kappa shape index (κ3) is 3.17. The molecule has 5 nitrogen and oxygen atoms in total. The molecule has 2 aromatic rings. The molecule has 2 aromatic carbocycles. The number of halogens is 2. The highest BCUT2D eigenvalue weighted by Crippen LogP contribution is 2.37. The topological polar surface area (TPSA) is 69.4 Å². The Bertz CT molecular complexity index is 733. The van der Waals surface area contributed by atoms with Crippen LogP contribution in [0.1, 0.15) is 17.3 Å². The van der Waals surface area contributed by atoms with E-state index < -0.39 is 22.2 Å². The van der Waals surface area contributed by atoms with Gasteiger partial charge < -0.3 is 4.74 Å². The Kier molecular flexibility index (Phi) is 4.18. The second-order valence-electron chi connectivity index (χ2n) is 4.15. The Morgan fingerprint density at radius 3 is 2.62 bits per heavy atom. The fourth-order valence-electron chi connectivity index (χ4n) is 1.65. The maximum atomic E-state index is 13.7. The number of ether oxygens (including phenoxy) is 1. The molecule has 0 saturated heterocycles. The van der Waals surface area contributed by atoms with E-state index in [-0.39, 0.29) is 16.6 Å². The van der Waals surface area contributed by atoms with E-state index in [9.17, 15) is 19.3 Å². The summed E-state index contributed by atoms with van der Waals surface area (Å²) in [6.45, 7) is 1.37. The van der Waals surface area contributed by atoms with Gasteiger partial charge in [-0.1, -0.05) is 17.7 Å². The first-order valence-electron chi connectivity index (χ1n) is 5.81. The Labute approximate surface area is 124 Å². The fourth-order valence-corrected chi connectivity index (χ4v) is 1.87. The van der Waals surface area contributed by atoms with Crippen LogP contribution in [0.2, 0.25) is 5.02 Å². The van der Waals surface area contributed by atoms with Crippen molar-refractivity contribution in [3.63, 3.8) is 0 Å². The summed E-state index contributed by atoms with van der Waals surface area (Å²) < 4.78 is 18.9. The molecule has 0 aliphatic heterocycles. The minimum atomic E-state index is -0.879. The number of carbonyl (C=O) groups excluding carboxylic acids is 1. The molecule has 0 spiro atoms. The highest BCUT2D eigenvalue weighted by Gasteiger charge is 2.21. The van der Waals surface area contributed by atoms with Crippen LogP contribution in [-0.4, -0.2) is 10.7 Å². The monoisotopic (exact) mass is 309 g/mol. The van der Waals surface area contributed by atoms with Crippen LogP contribution in [0.3, 0.4) is 0 Å². The van der Waals surface area contributed by atoms with Crippen molar-refractivity contribution in [2.45, 2.75) is 6.92 Å². The average Bonchev–Trinajstić information content (AvgIpc) is 2.42. The molecule has 0 aliphatic rings. The second-order valence-corrected chi connectivity index (χ2v) is 4.56. The number of nitro groups is 1. The second kappa shape index (κ2) is 5.88. The molecule has 2 rings (SSSR count). The molecule has 0 atom stereocenters. The van der Waals surface area contributed by atoms with E-state index in [1.54, 1.807) is 0 Å². The molecule has 0 aliphatic carbocycles. The summed E-state index contributed by atoms with van der Waals surface area (Å²) in [5.41, 5.74) is -0.155. The zero-order valence-electron chi connectivity index (χ0n) is 10.8. The quantitative estimate of drug-likeness (QED) is 0.477. The van der Waals surface area contributed by atoms with Crippen molar-refractivity contribution in [1.29, 1.82) is 0 Å². The largest absolute Gasteiger partial charge is 0.446 e. The van der Waals surface area contributed by atoms with Crippen molar-refractivity contribution in [1.82, 2.24) is 0 Å². The number of hydrogen-bond donors (Lipinski definition) is 0. The van der Waals surface area contributed by atoms with E-state index in [2.05, 4.69) is 0 Å². The summed E-state index contributed by atoms with van der Waals surface area (Å²) in [6, 6.07) is 7.52. The molecule has 0 bridgehead atoms. The molecular formula is C14H9ClFNO4. The summed E-state index contributed by atoms with van der Waals surface area (Å²) >= 11 is 5.94. The van der Waals surface area contributed by atoms with Gasteiger partial charge in [0.05, 0.1) is 9.95 Å². The maximum absolute atomic E-state index is 13.7. The average molecular weight is 310 g/mol. The number of ketones is 1. The Balaban J connectivity index is 2.44. The fraction of sp³-hybridized carbons (Fsp3) is 0.0714. The van der Waals surface area contributed by atoms with Crippen molar-refractivity contribution in [2.75, 3.05) is 0 Å². The van der Waals surface area contributed by atoms with Crippen LogP contribution >= 0.6 is 11.6 Å². The molecule has 0 unspecified atom stereocenters. The van der Waals surface area contributed by atoms with Gasteiger partial charge in [-0.2, -0.15) is 0 Å². The smallest absolute Gasteiger partial charge is 0.314 e. The molecule has 21 heavy (non-hydrogen) atoms. The van der Waals surface area contributed by atoms with E-state index in [0.717, 1.165) is 12.1 Å². The molecular weight excluding hydrogens is 301 g/mol. The predicted molar refractivity (Wildman–Crippen MR) is 74.6 cm³/mol. The Hall–Kier alpha value is -2.47. The van der Waals surface area contributed by atoms with Crippen LogP contribution in [0.25, 0.3) is 0 Å². The normalized spacial score (nSPS) is 10.2. The van der Waals surface area contributed by atoms with Gasteiger partial charge in [0.25, 0.3) is 0 Å². The van der Waals surface area contributed by atoms with Crippen LogP contribution < -0.4 is 4.74 Å². The van der Waals surface area contributed by atoms with Gasteiger partial charge in [-0.15, -0.1) is 0 Å².